The third-order valence-corrected chi connectivity index (χ3v) is 5.89. The van der Waals surface area contributed by atoms with Gasteiger partial charge in [-0.2, -0.15) is 0 Å². The summed E-state index contributed by atoms with van der Waals surface area (Å²) in [5, 5.41) is 10.8. The molecule has 0 amide bonds. The van der Waals surface area contributed by atoms with Gasteiger partial charge in [0.25, 0.3) is 5.69 Å². The van der Waals surface area contributed by atoms with E-state index < -0.39 is 0 Å². The van der Waals surface area contributed by atoms with Gasteiger partial charge >= 0.3 is 0 Å². The number of anilines is 2. The van der Waals surface area contributed by atoms with E-state index in [9.17, 15) is 10.1 Å². The highest BCUT2D eigenvalue weighted by molar-refractivity contribution is 5.63. The van der Waals surface area contributed by atoms with E-state index in [2.05, 4.69) is 29.2 Å². The Hall–Kier alpha value is -2.36. The topological polar surface area (TPSA) is 46.4 Å². The van der Waals surface area contributed by atoms with E-state index in [0.717, 1.165) is 29.1 Å². The molecule has 2 aromatic carbocycles. The second kappa shape index (κ2) is 5.93. The van der Waals surface area contributed by atoms with Crippen LogP contribution in [0.4, 0.5) is 17.1 Å². The number of non-ortho nitro benzene ring substituents is 1. The number of nitro benzene ring substituents is 1. The van der Waals surface area contributed by atoms with Crippen molar-refractivity contribution in [2.24, 2.45) is 11.8 Å². The molecule has 0 aliphatic heterocycles. The number of benzene rings is 2. The first kappa shape index (κ1) is 15.2. The summed E-state index contributed by atoms with van der Waals surface area (Å²) in [6.07, 6.45) is 5.62. The average molecular weight is 322 g/mol. The van der Waals surface area contributed by atoms with Gasteiger partial charge in [0.2, 0.25) is 0 Å². The molecule has 0 aromatic heterocycles. The van der Waals surface area contributed by atoms with E-state index in [1.165, 1.54) is 31.2 Å². The molecule has 3 unspecified atom stereocenters. The third kappa shape index (κ3) is 2.66. The highest BCUT2D eigenvalue weighted by Crippen LogP contribution is 2.52. The van der Waals surface area contributed by atoms with Crippen LogP contribution in [-0.4, -0.2) is 12.0 Å². The quantitative estimate of drug-likeness (QED) is 0.569. The highest BCUT2D eigenvalue weighted by Gasteiger charge is 2.39. The third-order valence-electron chi connectivity index (χ3n) is 5.89. The molecule has 0 saturated heterocycles. The standard InChI is InChI=1S/C20H22N2O2/c1-21(18-8-10-19(11-9-18)22(23)24)17-6-4-15(5-7-17)20-13-14-2-3-16(20)12-14/h4-11,14,16,20H,2-3,12-13H2,1H3. The van der Waals surface area contributed by atoms with Gasteiger partial charge in [0.1, 0.15) is 0 Å². The average Bonchev–Trinajstić information content (AvgIpc) is 3.25. The molecule has 0 N–H and O–H groups in total. The van der Waals surface area contributed by atoms with E-state index in [-0.39, 0.29) is 10.6 Å². The lowest BCUT2D eigenvalue weighted by molar-refractivity contribution is -0.384. The molecule has 0 heterocycles. The van der Waals surface area contributed by atoms with Crippen LogP contribution in [-0.2, 0) is 0 Å². The van der Waals surface area contributed by atoms with E-state index in [4.69, 9.17) is 0 Å². The lowest BCUT2D eigenvalue weighted by Gasteiger charge is -2.24. The fraction of sp³-hybridized carbons (Fsp3) is 0.400. The van der Waals surface area contributed by atoms with Crippen molar-refractivity contribution in [2.45, 2.75) is 31.6 Å². The number of hydrogen-bond donors (Lipinski definition) is 0. The fourth-order valence-corrected chi connectivity index (χ4v) is 4.55. The molecule has 2 aliphatic carbocycles. The van der Waals surface area contributed by atoms with Crippen LogP contribution in [0, 0.1) is 22.0 Å². The molecule has 124 valence electrons. The Morgan fingerprint density at radius 2 is 1.58 bits per heavy atom. The minimum absolute atomic E-state index is 0.124. The molecule has 4 nitrogen and oxygen atoms in total. The van der Waals surface area contributed by atoms with Gasteiger partial charge in [0.05, 0.1) is 4.92 Å². The van der Waals surface area contributed by atoms with Crippen LogP contribution >= 0.6 is 0 Å². The van der Waals surface area contributed by atoms with Gasteiger partial charge in [0.15, 0.2) is 0 Å². The number of hydrogen-bond acceptors (Lipinski definition) is 3. The molecule has 4 heteroatoms. The van der Waals surface area contributed by atoms with E-state index in [0.29, 0.717) is 0 Å². The van der Waals surface area contributed by atoms with Crippen LogP contribution in [0.3, 0.4) is 0 Å². The van der Waals surface area contributed by atoms with Crippen LogP contribution in [0.1, 0.15) is 37.2 Å². The summed E-state index contributed by atoms with van der Waals surface area (Å²) in [6.45, 7) is 0. The number of rotatable bonds is 4. The lowest BCUT2D eigenvalue weighted by atomic mass is 9.83. The Balaban J connectivity index is 1.50. The Morgan fingerprint density at radius 1 is 0.958 bits per heavy atom. The maximum Gasteiger partial charge on any atom is 0.269 e. The first-order chi connectivity index (χ1) is 11.6. The molecule has 0 spiro atoms. The van der Waals surface area contributed by atoms with E-state index in [1.54, 1.807) is 24.3 Å². The maximum absolute atomic E-state index is 10.8. The molecule has 2 aliphatic rings. The summed E-state index contributed by atoms with van der Waals surface area (Å²) in [4.78, 5) is 12.5. The number of fused-ring (bicyclic) bond motifs is 2. The van der Waals surface area contributed by atoms with Crippen molar-refractivity contribution >= 4 is 17.1 Å². The summed E-state index contributed by atoms with van der Waals surface area (Å²) < 4.78 is 0. The zero-order valence-electron chi connectivity index (χ0n) is 13.9. The van der Waals surface area contributed by atoms with Crippen molar-refractivity contribution in [1.29, 1.82) is 0 Å². The van der Waals surface area contributed by atoms with Crippen LogP contribution < -0.4 is 4.90 Å². The Kier molecular flexibility index (Phi) is 3.75. The van der Waals surface area contributed by atoms with Gasteiger partial charge in [-0.05, 0) is 66.8 Å². The second-order valence-corrected chi connectivity index (χ2v) is 7.21. The van der Waals surface area contributed by atoms with Gasteiger partial charge in [-0.15, -0.1) is 0 Å². The highest BCUT2D eigenvalue weighted by atomic mass is 16.6. The largest absolute Gasteiger partial charge is 0.345 e. The van der Waals surface area contributed by atoms with Crippen LogP contribution in [0.25, 0.3) is 0 Å². The van der Waals surface area contributed by atoms with Crippen LogP contribution in [0.2, 0.25) is 0 Å². The van der Waals surface area contributed by atoms with E-state index in [1.807, 2.05) is 7.05 Å². The molecular formula is C20H22N2O2. The Labute approximate surface area is 142 Å². The predicted octanol–water partition coefficient (Wildman–Crippen LogP) is 5.27. The summed E-state index contributed by atoms with van der Waals surface area (Å²) >= 11 is 0. The van der Waals surface area contributed by atoms with Crippen molar-refractivity contribution in [3.8, 4) is 0 Å². The van der Waals surface area contributed by atoms with Crippen molar-refractivity contribution in [3.05, 3.63) is 64.2 Å². The van der Waals surface area contributed by atoms with Gasteiger partial charge in [-0.3, -0.25) is 10.1 Å². The fourth-order valence-electron chi connectivity index (χ4n) is 4.55. The van der Waals surface area contributed by atoms with Crippen molar-refractivity contribution in [3.63, 3.8) is 0 Å². The summed E-state index contributed by atoms with van der Waals surface area (Å²) in [6, 6.07) is 15.6. The normalized spacial score (nSPS) is 25.0. The summed E-state index contributed by atoms with van der Waals surface area (Å²) in [5.74, 6) is 2.61. The second-order valence-electron chi connectivity index (χ2n) is 7.21. The molecule has 4 rings (SSSR count). The van der Waals surface area contributed by atoms with Gasteiger partial charge in [-0.1, -0.05) is 18.6 Å². The van der Waals surface area contributed by atoms with Crippen molar-refractivity contribution < 1.29 is 4.92 Å². The predicted molar refractivity (Wildman–Crippen MR) is 95.8 cm³/mol. The monoisotopic (exact) mass is 322 g/mol. The van der Waals surface area contributed by atoms with Gasteiger partial charge in [0, 0.05) is 30.6 Å². The Morgan fingerprint density at radius 3 is 2.08 bits per heavy atom. The molecule has 2 fully saturated rings. The minimum Gasteiger partial charge on any atom is -0.345 e. The number of nitro groups is 1. The van der Waals surface area contributed by atoms with Gasteiger partial charge < -0.3 is 4.90 Å². The van der Waals surface area contributed by atoms with Crippen molar-refractivity contribution in [2.75, 3.05) is 11.9 Å². The molecule has 2 bridgehead atoms. The van der Waals surface area contributed by atoms with Crippen LogP contribution in [0.15, 0.2) is 48.5 Å². The molecule has 0 radical (unpaired) electrons. The van der Waals surface area contributed by atoms with Crippen molar-refractivity contribution in [1.82, 2.24) is 0 Å². The lowest BCUT2D eigenvalue weighted by Crippen LogP contribution is -2.11. The zero-order chi connectivity index (χ0) is 16.7. The summed E-state index contributed by atoms with van der Waals surface area (Å²) in [5.41, 5.74) is 3.66. The first-order valence-corrected chi connectivity index (χ1v) is 8.70. The Bertz CT molecular complexity index is 739. The zero-order valence-corrected chi connectivity index (χ0v) is 13.9. The minimum atomic E-state index is -0.367. The first-order valence-electron chi connectivity index (χ1n) is 8.70. The molecule has 2 aromatic rings. The molecule has 2 saturated carbocycles. The molecule has 3 atom stereocenters. The van der Waals surface area contributed by atoms with E-state index >= 15 is 0 Å². The molecular weight excluding hydrogens is 300 g/mol. The van der Waals surface area contributed by atoms with Crippen LogP contribution in [0.5, 0.6) is 0 Å². The number of nitrogens with zero attached hydrogens (tertiary/aromatic N) is 2. The molecule has 24 heavy (non-hydrogen) atoms. The summed E-state index contributed by atoms with van der Waals surface area (Å²) in [7, 11) is 1.99. The SMILES string of the molecule is CN(c1ccc(C2CC3CCC2C3)cc1)c1ccc([N+](=O)[O-])cc1. The smallest absolute Gasteiger partial charge is 0.269 e. The maximum atomic E-state index is 10.8. The van der Waals surface area contributed by atoms with Gasteiger partial charge in [-0.25, -0.2) is 0 Å².